The largest absolute Gasteiger partial charge is 0.431 e. The van der Waals surface area contributed by atoms with Crippen molar-refractivity contribution in [3.8, 4) is 0 Å². The fourth-order valence-electron chi connectivity index (χ4n) is 1.99. The van der Waals surface area contributed by atoms with E-state index in [2.05, 4.69) is 0 Å². The molecule has 3 nitrogen and oxygen atoms in total. The molecule has 1 unspecified atom stereocenters. The number of esters is 1. The van der Waals surface area contributed by atoms with E-state index in [-0.39, 0.29) is 17.7 Å². The highest BCUT2D eigenvalue weighted by Gasteiger charge is 2.29. The Bertz CT molecular complexity index is 289. The quantitative estimate of drug-likeness (QED) is 0.650. The van der Waals surface area contributed by atoms with Crippen LogP contribution in [0, 0.1) is 5.92 Å². The van der Waals surface area contributed by atoms with Crippen molar-refractivity contribution < 1.29 is 14.3 Å². The maximum Gasteiger partial charge on any atom is 0.311 e. The maximum absolute atomic E-state index is 11.4. The van der Waals surface area contributed by atoms with Crippen LogP contribution in [0.5, 0.6) is 0 Å². The lowest BCUT2D eigenvalue weighted by atomic mass is 9.87. The van der Waals surface area contributed by atoms with E-state index >= 15 is 0 Å². The molecule has 0 saturated carbocycles. The summed E-state index contributed by atoms with van der Waals surface area (Å²) >= 11 is 0. The Morgan fingerprint density at radius 2 is 2.21 bits per heavy atom. The van der Waals surface area contributed by atoms with E-state index in [1.807, 2.05) is 6.92 Å². The highest BCUT2D eigenvalue weighted by molar-refractivity contribution is 5.96. The van der Waals surface area contributed by atoms with Crippen LogP contribution in [0.4, 0.5) is 0 Å². The van der Waals surface area contributed by atoms with Gasteiger partial charge in [-0.05, 0) is 20.3 Å². The Hall–Kier alpha value is -1.12. The van der Waals surface area contributed by atoms with Crippen molar-refractivity contribution in [3.05, 3.63) is 11.3 Å². The minimum atomic E-state index is -0.217. The molecule has 0 aliphatic carbocycles. The first-order valence-corrected chi connectivity index (χ1v) is 4.98. The summed E-state index contributed by atoms with van der Waals surface area (Å²) in [6.07, 6.45) is 2.20. The van der Waals surface area contributed by atoms with Crippen LogP contribution in [-0.4, -0.2) is 11.8 Å². The molecule has 0 aromatic heterocycles. The van der Waals surface area contributed by atoms with Crippen molar-refractivity contribution >= 4 is 11.8 Å². The number of hydrogen-bond donors (Lipinski definition) is 0. The molecule has 0 saturated heterocycles. The number of cyclic esters (lactones) is 1. The first-order chi connectivity index (χ1) is 6.56. The normalized spacial score (nSPS) is 22.2. The van der Waals surface area contributed by atoms with E-state index in [0.29, 0.717) is 17.8 Å². The average Bonchev–Trinajstić information content (AvgIpc) is 2.01. The van der Waals surface area contributed by atoms with E-state index in [1.165, 1.54) is 6.92 Å². The predicted molar refractivity (Wildman–Crippen MR) is 52.5 cm³/mol. The van der Waals surface area contributed by atoms with Crippen LogP contribution in [0.25, 0.3) is 0 Å². The molecule has 0 spiro atoms. The van der Waals surface area contributed by atoms with Crippen LogP contribution in [0.2, 0.25) is 0 Å². The summed E-state index contributed by atoms with van der Waals surface area (Å²) in [6, 6.07) is 0. The molecular formula is C11H16O3. The molecule has 0 amide bonds. The van der Waals surface area contributed by atoms with Gasteiger partial charge in [-0.15, -0.1) is 0 Å². The number of hydrogen-bond acceptors (Lipinski definition) is 3. The molecule has 0 N–H and O–H groups in total. The summed E-state index contributed by atoms with van der Waals surface area (Å²) in [5.41, 5.74) is 0.700. The summed E-state index contributed by atoms with van der Waals surface area (Å²) < 4.78 is 4.96. The molecule has 0 aromatic carbocycles. The van der Waals surface area contributed by atoms with Crippen LogP contribution in [0.15, 0.2) is 11.3 Å². The Labute approximate surface area is 84.1 Å². The van der Waals surface area contributed by atoms with E-state index < -0.39 is 0 Å². The Morgan fingerprint density at radius 3 is 2.71 bits per heavy atom. The second kappa shape index (κ2) is 4.40. The molecule has 78 valence electrons. The first-order valence-electron chi connectivity index (χ1n) is 4.98. The van der Waals surface area contributed by atoms with Gasteiger partial charge < -0.3 is 4.74 Å². The van der Waals surface area contributed by atoms with Gasteiger partial charge in [0.2, 0.25) is 0 Å². The average molecular weight is 196 g/mol. The zero-order chi connectivity index (χ0) is 10.7. The zero-order valence-corrected chi connectivity index (χ0v) is 8.92. The van der Waals surface area contributed by atoms with Gasteiger partial charge in [-0.2, -0.15) is 0 Å². The van der Waals surface area contributed by atoms with Gasteiger partial charge in [0.25, 0.3) is 0 Å². The predicted octanol–water partition coefficient (Wildman–Crippen LogP) is 2.21. The molecule has 14 heavy (non-hydrogen) atoms. The van der Waals surface area contributed by atoms with Gasteiger partial charge >= 0.3 is 5.97 Å². The molecule has 0 aromatic rings. The number of Topliss-reactive ketones (excluding diaryl/α,β-unsaturated/α-hetero) is 1. The number of ketones is 1. The highest BCUT2D eigenvalue weighted by atomic mass is 16.5. The SMILES string of the molecule is CCCC1CC(=O)OC(C)=C1C(C)=O. The minimum absolute atomic E-state index is 0.0217. The van der Waals surface area contributed by atoms with Crippen molar-refractivity contribution in [2.75, 3.05) is 0 Å². The van der Waals surface area contributed by atoms with Crippen molar-refractivity contribution in [1.29, 1.82) is 0 Å². The third-order valence-electron chi connectivity index (χ3n) is 2.48. The van der Waals surface area contributed by atoms with Gasteiger partial charge in [0.15, 0.2) is 5.78 Å². The van der Waals surface area contributed by atoms with E-state index in [9.17, 15) is 9.59 Å². The Morgan fingerprint density at radius 1 is 1.57 bits per heavy atom. The summed E-state index contributed by atoms with van der Waals surface area (Å²) in [4.78, 5) is 22.5. The third kappa shape index (κ3) is 2.22. The minimum Gasteiger partial charge on any atom is -0.431 e. The maximum atomic E-state index is 11.4. The van der Waals surface area contributed by atoms with Crippen molar-refractivity contribution in [2.45, 2.75) is 40.0 Å². The number of carbonyl (C=O) groups is 2. The monoisotopic (exact) mass is 196 g/mol. The molecule has 3 heteroatoms. The highest BCUT2D eigenvalue weighted by Crippen LogP contribution is 2.30. The molecule has 0 radical (unpaired) electrons. The topological polar surface area (TPSA) is 43.4 Å². The standard InChI is InChI=1S/C11H16O3/c1-4-5-9-6-10(13)14-8(3)11(9)7(2)12/h9H,4-6H2,1-3H3. The number of carbonyl (C=O) groups excluding carboxylic acids is 2. The number of rotatable bonds is 3. The molecule has 1 aliphatic heterocycles. The zero-order valence-electron chi connectivity index (χ0n) is 8.92. The van der Waals surface area contributed by atoms with Crippen molar-refractivity contribution in [1.82, 2.24) is 0 Å². The van der Waals surface area contributed by atoms with Gasteiger partial charge in [-0.3, -0.25) is 9.59 Å². The summed E-state index contributed by atoms with van der Waals surface area (Å²) in [5, 5.41) is 0. The molecule has 1 aliphatic rings. The third-order valence-corrected chi connectivity index (χ3v) is 2.48. The summed E-state index contributed by atoms with van der Waals surface area (Å²) in [6.45, 7) is 5.27. The van der Waals surface area contributed by atoms with Crippen molar-refractivity contribution in [3.63, 3.8) is 0 Å². The van der Waals surface area contributed by atoms with E-state index in [4.69, 9.17) is 4.74 Å². The summed E-state index contributed by atoms with van der Waals surface area (Å²) in [5.74, 6) is 0.366. The van der Waals surface area contributed by atoms with Crippen LogP contribution < -0.4 is 0 Å². The lowest BCUT2D eigenvalue weighted by molar-refractivity contribution is -0.142. The van der Waals surface area contributed by atoms with Crippen molar-refractivity contribution in [2.24, 2.45) is 5.92 Å². The smallest absolute Gasteiger partial charge is 0.311 e. The lowest BCUT2D eigenvalue weighted by Gasteiger charge is -2.24. The van der Waals surface area contributed by atoms with E-state index in [0.717, 1.165) is 12.8 Å². The molecule has 1 atom stereocenters. The van der Waals surface area contributed by atoms with Gasteiger partial charge in [-0.25, -0.2) is 0 Å². The second-order valence-corrected chi connectivity index (χ2v) is 3.69. The Kier molecular flexibility index (Phi) is 3.44. The summed E-state index contributed by atoms with van der Waals surface area (Å²) in [7, 11) is 0. The second-order valence-electron chi connectivity index (χ2n) is 3.69. The van der Waals surface area contributed by atoms with E-state index in [1.54, 1.807) is 6.92 Å². The fraction of sp³-hybridized carbons (Fsp3) is 0.636. The molecule has 0 fully saturated rings. The first kappa shape index (κ1) is 11.0. The van der Waals surface area contributed by atoms with Crippen LogP contribution in [0.3, 0.4) is 0 Å². The van der Waals surface area contributed by atoms with Gasteiger partial charge in [0.05, 0.1) is 6.42 Å². The van der Waals surface area contributed by atoms with Crippen LogP contribution >= 0.6 is 0 Å². The van der Waals surface area contributed by atoms with Gasteiger partial charge in [0.1, 0.15) is 5.76 Å². The van der Waals surface area contributed by atoms with Gasteiger partial charge in [0, 0.05) is 11.5 Å². The molecule has 1 rings (SSSR count). The molecular weight excluding hydrogens is 180 g/mol. The lowest BCUT2D eigenvalue weighted by Crippen LogP contribution is -2.24. The van der Waals surface area contributed by atoms with Gasteiger partial charge in [-0.1, -0.05) is 13.3 Å². The number of ether oxygens (including phenoxy) is 1. The Balaban J connectivity index is 2.96. The molecule has 0 bridgehead atoms. The fourth-order valence-corrected chi connectivity index (χ4v) is 1.99. The van der Waals surface area contributed by atoms with Crippen LogP contribution in [0.1, 0.15) is 40.0 Å². The van der Waals surface area contributed by atoms with Crippen LogP contribution in [-0.2, 0) is 14.3 Å². The molecule has 1 heterocycles. The number of allylic oxidation sites excluding steroid dienone is 2.